The minimum atomic E-state index is -0.985. The van der Waals surface area contributed by atoms with E-state index in [4.69, 9.17) is 16.3 Å². The SMILES string of the molecule is CC(C)[C@@H](C(=O)OCc1cccc(Cl)c1)N1C(=O)c2ccccc2C1=O. The van der Waals surface area contributed by atoms with Crippen LogP contribution in [-0.2, 0) is 16.1 Å². The van der Waals surface area contributed by atoms with E-state index in [-0.39, 0.29) is 12.5 Å². The van der Waals surface area contributed by atoms with Gasteiger partial charge < -0.3 is 4.74 Å². The van der Waals surface area contributed by atoms with Gasteiger partial charge in [0.25, 0.3) is 11.8 Å². The molecule has 0 radical (unpaired) electrons. The summed E-state index contributed by atoms with van der Waals surface area (Å²) in [7, 11) is 0. The number of benzene rings is 2. The molecule has 0 bridgehead atoms. The number of esters is 1. The van der Waals surface area contributed by atoms with E-state index in [9.17, 15) is 14.4 Å². The summed E-state index contributed by atoms with van der Waals surface area (Å²) in [5.74, 6) is -1.84. The molecule has 0 aromatic heterocycles. The molecule has 0 saturated heterocycles. The summed E-state index contributed by atoms with van der Waals surface area (Å²) in [6.45, 7) is 3.56. The lowest BCUT2D eigenvalue weighted by atomic mass is 10.0. The van der Waals surface area contributed by atoms with Crippen molar-refractivity contribution in [2.75, 3.05) is 0 Å². The van der Waals surface area contributed by atoms with Crippen molar-refractivity contribution in [2.45, 2.75) is 26.5 Å². The average Bonchev–Trinajstić information content (AvgIpc) is 2.86. The van der Waals surface area contributed by atoms with Crippen molar-refractivity contribution in [3.05, 3.63) is 70.2 Å². The van der Waals surface area contributed by atoms with E-state index in [2.05, 4.69) is 0 Å². The van der Waals surface area contributed by atoms with Crippen molar-refractivity contribution in [1.29, 1.82) is 0 Å². The van der Waals surface area contributed by atoms with Crippen LogP contribution in [0.4, 0.5) is 0 Å². The fourth-order valence-electron chi connectivity index (χ4n) is 3.00. The van der Waals surface area contributed by atoms with Crippen LogP contribution in [0.1, 0.15) is 40.1 Å². The number of fused-ring (bicyclic) bond motifs is 1. The molecule has 1 aliphatic heterocycles. The first-order valence-electron chi connectivity index (χ1n) is 8.28. The highest BCUT2D eigenvalue weighted by Crippen LogP contribution is 2.27. The molecule has 1 aliphatic rings. The van der Waals surface area contributed by atoms with Crippen LogP contribution < -0.4 is 0 Å². The second-order valence-corrected chi connectivity index (χ2v) is 6.89. The van der Waals surface area contributed by atoms with Gasteiger partial charge in [0, 0.05) is 5.02 Å². The Kier molecular flexibility index (Phi) is 5.09. The zero-order valence-corrected chi connectivity index (χ0v) is 15.2. The predicted octanol–water partition coefficient (Wildman–Crippen LogP) is 3.70. The molecule has 0 spiro atoms. The van der Waals surface area contributed by atoms with Crippen LogP contribution in [0.3, 0.4) is 0 Å². The van der Waals surface area contributed by atoms with Gasteiger partial charge in [0.05, 0.1) is 11.1 Å². The summed E-state index contributed by atoms with van der Waals surface area (Å²) >= 11 is 5.93. The summed E-state index contributed by atoms with van der Waals surface area (Å²) < 4.78 is 5.37. The maximum Gasteiger partial charge on any atom is 0.329 e. The number of rotatable bonds is 5. The highest BCUT2D eigenvalue weighted by atomic mass is 35.5. The van der Waals surface area contributed by atoms with Crippen molar-refractivity contribution in [3.8, 4) is 0 Å². The van der Waals surface area contributed by atoms with Gasteiger partial charge in [-0.05, 0) is 35.7 Å². The Morgan fingerprint density at radius 1 is 1.04 bits per heavy atom. The van der Waals surface area contributed by atoms with E-state index in [0.29, 0.717) is 16.1 Å². The third-order valence-corrected chi connectivity index (χ3v) is 4.48. The van der Waals surface area contributed by atoms with Gasteiger partial charge in [-0.15, -0.1) is 0 Å². The van der Waals surface area contributed by atoms with E-state index in [0.717, 1.165) is 10.5 Å². The van der Waals surface area contributed by atoms with E-state index < -0.39 is 23.8 Å². The average molecular weight is 372 g/mol. The molecule has 1 heterocycles. The molecule has 0 N–H and O–H groups in total. The van der Waals surface area contributed by atoms with Crippen molar-refractivity contribution in [3.63, 3.8) is 0 Å². The highest BCUT2D eigenvalue weighted by Gasteiger charge is 2.44. The Labute approximate surface area is 156 Å². The third kappa shape index (κ3) is 3.35. The molecule has 0 unspecified atom stereocenters. The fraction of sp³-hybridized carbons (Fsp3) is 0.250. The molecule has 2 amide bonds. The molecule has 1 atom stereocenters. The Balaban J connectivity index is 1.80. The first-order valence-corrected chi connectivity index (χ1v) is 8.66. The van der Waals surface area contributed by atoms with Gasteiger partial charge in [-0.3, -0.25) is 14.5 Å². The van der Waals surface area contributed by atoms with Crippen LogP contribution in [-0.4, -0.2) is 28.7 Å². The van der Waals surface area contributed by atoms with E-state index in [1.807, 2.05) is 0 Å². The number of nitrogens with zero attached hydrogens (tertiary/aromatic N) is 1. The number of carbonyl (C=O) groups excluding carboxylic acids is 3. The van der Waals surface area contributed by atoms with Gasteiger partial charge >= 0.3 is 5.97 Å². The highest BCUT2D eigenvalue weighted by molar-refractivity contribution is 6.30. The monoisotopic (exact) mass is 371 g/mol. The summed E-state index contributed by atoms with van der Waals surface area (Å²) in [4.78, 5) is 39.0. The van der Waals surface area contributed by atoms with Crippen molar-refractivity contribution >= 4 is 29.4 Å². The molecule has 134 valence electrons. The normalized spacial score (nSPS) is 14.5. The fourth-order valence-corrected chi connectivity index (χ4v) is 3.22. The molecule has 5 nitrogen and oxygen atoms in total. The molecule has 2 aromatic rings. The van der Waals surface area contributed by atoms with E-state index in [1.54, 1.807) is 62.4 Å². The Morgan fingerprint density at radius 2 is 1.65 bits per heavy atom. The topological polar surface area (TPSA) is 63.7 Å². The van der Waals surface area contributed by atoms with Gasteiger partial charge in [0.2, 0.25) is 0 Å². The van der Waals surface area contributed by atoms with Gasteiger partial charge in [-0.2, -0.15) is 0 Å². The lowest BCUT2D eigenvalue weighted by Crippen LogP contribution is -2.48. The predicted molar refractivity (Wildman–Crippen MR) is 96.8 cm³/mol. The summed E-state index contributed by atoms with van der Waals surface area (Å²) in [5, 5.41) is 0.541. The maximum atomic E-state index is 12.7. The van der Waals surface area contributed by atoms with Crippen LogP contribution in [0.2, 0.25) is 5.02 Å². The quantitative estimate of drug-likeness (QED) is 0.593. The van der Waals surface area contributed by atoms with Crippen molar-refractivity contribution in [1.82, 2.24) is 4.90 Å². The lowest BCUT2D eigenvalue weighted by Gasteiger charge is -2.27. The molecule has 0 saturated carbocycles. The first-order chi connectivity index (χ1) is 12.4. The van der Waals surface area contributed by atoms with E-state index in [1.165, 1.54) is 0 Å². The van der Waals surface area contributed by atoms with Gasteiger partial charge in [0.1, 0.15) is 12.6 Å². The largest absolute Gasteiger partial charge is 0.459 e. The summed E-state index contributed by atoms with van der Waals surface area (Å²) in [5.41, 5.74) is 1.35. The van der Waals surface area contributed by atoms with Crippen LogP contribution in [0.15, 0.2) is 48.5 Å². The van der Waals surface area contributed by atoms with Crippen LogP contribution in [0.5, 0.6) is 0 Å². The molecule has 2 aromatic carbocycles. The lowest BCUT2D eigenvalue weighted by molar-refractivity contribution is -0.151. The number of carbonyl (C=O) groups is 3. The minimum Gasteiger partial charge on any atom is -0.459 e. The Morgan fingerprint density at radius 3 is 2.19 bits per heavy atom. The number of amides is 2. The Hall–Kier alpha value is -2.66. The standard InChI is InChI=1S/C20H18ClNO4/c1-12(2)17(20(25)26-11-13-6-5-7-14(21)10-13)22-18(23)15-8-3-4-9-16(15)19(22)24/h3-10,12,17H,11H2,1-2H3/t17-/m0/s1. The van der Waals surface area contributed by atoms with Gasteiger partial charge in [-0.25, -0.2) is 4.79 Å². The van der Waals surface area contributed by atoms with Crippen LogP contribution >= 0.6 is 11.6 Å². The Bertz CT molecular complexity index is 843. The number of hydrogen-bond acceptors (Lipinski definition) is 4. The second-order valence-electron chi connectivity index (χ2n) is 6.45. The van der Waals surface area contributed by atoms with Crippen molar-refractivity contribution < 1.29 is 19.1 Å². The molecule has 0 fully saturated rings. The number of ether oxygens (including phenoxy) is 1. The van der Waals surface area contributed by atoms with Crippen LogP contribution in [0.25, 0.3) is 0 Å². The molecular weight excluding hydrogens is 354 g/mol. The maximum absolute atomic E-state index is 12.7. The molecule has 3 rings (SSSR count). The van der Waals surface area contributed by atoms with Gasteiger partial charge in [-0.1, -0.05) is 49.7 Å². The van der Waals surface area contributed by atoms with Gasteiger partial charge in [0.15, 0.2) is 0 Å². The van der Waals surface area contributed by atoms with Crippen LogP contribution in [0, 0.1) is 5.92 Å². The zero-order valence-electron chi connectivity index (χ0n) is 14.4. The molecule has 0 aliphatic carbocycles. The number of imide groups is 1. The zero-order chi connectivity index (χ0) is 18.8. The summed E-state index contributed by atoms with van der Waals surface area (Å²) in [6.07, 6.45) is 0. The number of halogens is 1. The van der Waals surface area contributed by atoms with Crippen molar-refractivity contribution in [2.24, 2.45) is 5.92 Å². The van der Waals surface area contributed by atoms with E-state index >= 15 is 0 Å². The summed E-state index contributed by atoms with van der Waals surface area (Å²) in [6, 6.07) is 12.5. The number of hydrogen-bond donors (Lipinski definition) is 0. The smallest absolute Gasteiger partial charge is 0.329 e. The minimum absolute atomic E-state index is 0.0196. The second kappa shape index (κ2) is 7.30. The molecule has 6 heteroatoms. The molecule has 26 heavy (non-hydrogen) atoms. The molecular formula is C20H18ClNO4. The third-order valence-electron chi connectivity index (χ3n) is 4.25. The first kappa shape index (κ1) is 18.1.